The molecule has 4 aromatic rings. The number of hydrogen-bond donors (Lipinski definition) is 0. The lowest BCUT2D eigenvalue weighted by molar-refractivity contribution is -0.146. The van der Waals surface area contributed by atoms with E-state index in [1.807, 2.05) is 50.5 Å². The van der Waals surface area contributed by atoms with Gasteiger partial charge in [0.2, 0.25) is 0 Å². The minimum Gasteiger partial charge on any atom is -0.490 e. The van der Waals surface area contributed by atoms with Crippen molar-refractivity contribution < 1.29 is 14.2 Å². The van der Waals surface area contributed by atoms with Gasteiger partial charge < -0.3 is 18.8 Å². The number of aromatic nitrogens is 4. The number of halogens is 1. The molecular formula is C27H29ClN4O3. The van der Waals surface area contributed by atoms with Crippen molar-refractivity contribution in [1.82, 2.24) is 19.5 Å². The molecule has 1 aromatic carbocycles. The molecule has 182 valence electrons. The minimum atomic E-state index is -0.602. The highest BCUT2D eigenvalue weighted by Crippen LogP contribution is 2.50. The quantitative estimate of drug-likeness (QED) is 0.309. The van der Waals surface area contributed by atoms with Crippen molar-refractivity contribution in [2.45, 2.75) is 64.1 Å². The third-order valence-electron chi connectivity index (χ3n) is 7.30. The highest BCUT2D eigenvalue weighted by Gasteiger charge is 2.47. The van der Waals surface area contributed by atoms with Gasteiger partial charge in [-0.05, 0) is 62.8 Å². The lowest BCUT2D eigenvalue weighted by atomic mass is 9.64. The van der Waals surface area contributed by atoms with E-state index in [1.165, 1.54) is 6.33 Å². The molecule has 0 spiro atoms. The molecule has 2 atom stereocenters. The molecule has 1 saturated carbocycles. The topological polar surface area (TPSA) is 71.3 Å². The van der Waals surface area contributed by atoms with Gasteiger partial charge in [-0.1, -0.05) is 24.6 Å². The zero-order valence-electron chi connectivity index (χ0n) is 20.1. The standard InChI is InChI=1S/C27H29ClN4O3/c1-26(2)33-15-23(35-26)22(32-10-8-20-24(28)30-16-31-25(20)32)14-27(3)12-19(13-27)34-18-7-6-17-5-4-9-29-21(17)11-18/h4-11,16,19,22-23H,12-15H2,1-3H3/t19?,22-,23-,27?/m1/s1. The average Bonchev–Trinajstić information content (AvgIpc) is 3.40. The fourth-order valence-electron chi connectivity index (χ4n) is 5.63. The van der Waals surface area contributed by atoms with Gasteiger partial charge in [-0.15, -0.1) is 0 Å². The second kappa shape index (κ2) is 8.43. The Labute approximate surface area is 209 Å². The SMILES string of the molecule is CC1(C[C@H]([C@H]2COC(C)(C)O2)n2ccc3c(Cl)ncnc32)CC(Oc2ccc3cccnc3c2)C1. The molecule has 0 bridgehead atoms. The lowest BCUT2D eigenvalue weighted by Crippen LogP contribution is -2.45. The largest absolute Gasteiger partial charge is 0.490 e. The van der Waals surface area contributed by atoms with E-state index >= 15 is 0 Å². The highest BCUT2D eigenvalue weighted by atomic mass is 35.5. The fourth-order valence-corrected chi connectivity index (χ4v) is 5.82. The number of ether oxygens (including phenoxy) is 3. The summed E-state index contributed by atoms with van der Waals surface area (Å²) in [6, 6.07) is 12.2. The molecule has 1 aliphatic carbocycles. The maximum Gasteiger partial charge on any atom is 0.163 e. The zero-order valence-corrected chi connectivity index (χ0v) is 20.9. The third-order valence-corrected chi connectivity index (χ3v) is 7.60. The van der Waals surface area contributed by atoms with Crippen molar-refractivity contribution >= 4 is 33.5 Å². The second-order valence-corrected chi connectivity index (χ2v) is 10.9. The van der Waals surface area contributed by atoms with Gasteiger partial charge in [0.05, 0.1) is 29.7 Å². The molecule has 1 saturated heterocycles. The Morgan fingerprint density at radius 2 is 2.00 bits per heavy atom. The number of nitrogens with zero attached hydrogens (tertiary/aromatic N) is 4. The Morgan fingerprint density at radius 3 is 2.80 bits per heavy atom. The molecule has 1 aliphatic heterocycles. The van der Waals surface area contributed by atoms with Gasteiger partial charge in [0, 0.05) is 23.8 Å². The molecule has 2 fully saturated rings. The Hall–Kier alpha value is -2.74. The summed E-state index contributed by atoms with van der Waals surface area (Å²) in [7, 11) is 0. The molecule has 6 rings (SSSR count). The van der Waals surface area contributed by atoms with Gasteiger partial charge in [0.15, 0.2) is 5.79 Å². The average molecular weight is 493 g/mol. The van der Waals surface area contributed by atoms with Crippen molar-refractivity contribution in [3.63, 3.8) is 0 Å². The number of benzene rings is 1. The van der Waals surface area contributed by atoms with Gasteiger partial charge in [-0.2, -0.15) is 0 Å². The lowest BCUT2D eigenvalue weighted by Gasteiger charge is -2.47. The second-order valence-electron chi connectivity index (χ2n) is 10.6. The van der Waals surface area contributed by atoms with E-state index in [1.54, 1.807) is 0 Å². The predicted molar refractivity (Wildman–Crippen MR) is 135 cm³/mol. The fraction of sp³-hybridized carbons (Fsp3) is 0.444. The molecule has 8 heteroatoms. The van der Waals surface area contributed by atoms with E-state index in [9.17, 15) is 0 Å². The summed E-state index contributed by atoms with van der Waals surface area (Å²) in [5.74, 6) is 0.270. The number of fused-ring (bicyclic) bond motifs is 2. The van der Waals surface area contributed by atoms with Gasteiger partial charge >= 0.3 is 0 Å². The molecule has 4 heterocycles. The van der Waals surface area contributed by atoms with Crippen molar-refractivity contribution in [2.24, 2.45) is 5.41 Å². The van der Waals surface area contributed by atoms with E-state index in [0.29, 0.717) is 11.8 Å². The molecule has 7 nitrogen and oxygen atoms in total. The Balaban J connectivity index is 1.21. The van der Waals surface area contributed by atoms with E-state index in [2.05, 4.69) is 38.6 Å². The van der Waals surface area contributed by atoms with Crippen molar-refractivity contribution in [1.29, 1.82) is 0 Å². The Morgan fingerprint density at radius 1 is 1.14 bits per heavy atom. The number of rotatable bonds is 6. The van der Waals surface area contributed by atoms with Crippen molar-refractivity contribution in [3.05, 3.63) is 60.3 Å². The summed E-state index contributed by atoms with van der Waals surface area (Å²) >= 11 is 6.34. The first-order chi connectivity index (χ1) is 16.8. The number of pyridine rings is 1. The predicted octanol–water partition coefficient (Wildman–Crippen LogP) is 5.96. The summed E-state index contributed by atoms with van der Waals surface area (Å²) in [5, 5.41) is 2.43. The van der Waals surface area contributed by atoms with Crippen LogP contribution in [0.1, 0.15) is 46.1 Å². The van der Waals surface area contributed by atoms with Crippen LogP contribution in [-0.4, -0.2) is 44.1 Å². The highest BCUT2D eigenvalue weighted by molar-refractivity contribution is 6.33. The summed E-state index contributed by atoms with van der Waals surface area (Å²) in [4.78, 5) is 13.1. The summed E-state index contributed by atoms with van der Waals surface area (Å²) in [5.41, 5.74) is 1.88. The number of hydrogen-bond acceptors (Lipinski definition) is 6. The molecule has 2 aliphatic rings. The van der Waals surface area contributed by atoms with Crippen LogP contribution < -0.4 is 4.74 Å². The normalized spacial score (nSPS) is 26.6. The van der Waals surface area contributed by atoms with Crippen molar-refractivity contribution in [3.8, 4) is 5.75 Å². The first kappa shape index (κ1) is 22.7. The van der Waals surface area contributed by atoms with Crippen LogP contribution in [0.4, 0.5) is 0 Å². The molecule has 0 N–H and O–H groups in total. The molecular weight excluding hydrogens is 464 g/mol. The first-order valence-electron chi connectivity index (χ1n) is 12.1. The van der Waals surface area contributed by atoms with Crippen LogP contribution in [0.3, 0.4) is 0 Å². The van der Waals surface area contributed by atoms with Crippen LogP contribution in [0.15, 0.2) is 55.1 Å². The monoisotopic (exact) mass is 492 g/mol. The molecule has 35 heavy (non-hydrogen) atoms. The van der Waals surface area contributed by atoms with Crippen LogP contribution in [0.2, 0.25) is 5.15 Å². The zero-order chi connectivity index (χ0) is 24.2. The van der Waals surface area contributed by atoms with E-state index in [0.717, 1.165) is 46.9 Å². The molecule has 0 radical (unpaired) electrons. The maximum absolute atomic E-state index is 6.34. The third kappa shape index (κ3) is 4.37. The molecule has 0 unspecified atom stereocenters. The van der Waals surface area contributed by atoms with Gasteiger partial charge in [-0.25, -0.2) is 9.97 Å². The first-order valence-corrected chi connectivity index (χ1v) is 12.5. The molecule has 0 amide bonds. The van der Waals surface area contributed by atoms with Gasteiger partial charge in [-0.3, -0.25) is 4.98 Å². The van der Waals surface area contributed by atoms with E-state index in [-0.39, 0.29) is 23.7 Å². The smallest absolute Gasteiger partial charge is 0.163 e. The maximum atomic E-state index is 6.34. The van der Waals surface area contributed by atoms with Crippen LogP contribution in [0.25, 0.3) is 21.9 Å². The summed E-state index contributed by atoms with van der Waals surface area (Å²) in [6.45, 7) is 6.79. The van der Waals surface area contributed by atoms with Crippen LogP contribution in [0.5, 0.6) is 5.75 Å². The van der Waals surface area contributed by atoms with Crippen molar-refractivity contribution in [2.75, 3.05) is 6.61 Å². The van der Waals surface area contributed by atoms with Gasteiger partial charge in [0.25, 0.3) is 0 Å². The summed E-state index contributed by atoms with van der Waals surface area (Å²) < 4.78 is 20.8. The van der Waals surface area contributed by atoms with E-state index in [4.69, 9.17) is 25.8 Å². The van der Waals surface area contributed by atoms with Crippen LogP contribution >= 0.6 is 11.6 Å². The molecule has 3 aromatic heterocycles. The van der Waals surface area contributed by atoms with Gasteiger partial charge in [0.1, 0.15) is 29.0 Å². The van der Waals surface area contributed by atoms with Crippen LogP contribution in [-0.2, 0) is 9.47 Å². The Kier molecular flexibility index (Phi) is 5.47. The van der Waals surface area contributed by atoms with Crippen LogP contribution in [0, 0.1) is 5.41 Å². The summed E-state index contributed by atoms with van der Waals surface area (Å²) in [6.07, 6.45) is 8.32. The van der Waals surface area contributed by atoms with E-state index < -0.39 is 5.79 Å². The minimum absolute atomic E-state index is 0.0519. The Bertz CT molecular complexity index is 1380.